The normalized spacial score (nSPS) is 18.3. The SMILES string of the molecule is COc1cc(C(=O)N2CCN(C(=O)CN)CC2(Cc2cscn2)C(=O)O)ccc1C(C)(C)C.Cl. The Morgan fingerprint density at radius 3 is 2.50 bits per heavy atom. The van der Waals surface area contributed by atoms with E-state index >= 15 is 0 Å². The van der Waals surface area contributed by atoms with Gasteiger partial charge in [-0.3, -0.25) is 9.59 Å². The number of halogens is 1. The second kappa shape index (κ2) is 10.7. The van der Waals surface area contributed by atoms with Crippen molar-refractivity contribution in [2.75, 3.05) is 33.3 Å². The molecule has 2 heterocycles. The minimum absolute atomic E-state index is 0. The summed E-state index contributed by atoms with van der Waals surface area (Å²) in [6, 6.07) is 5.18. The number of rotatable bonds is 6. The number of thiazole rings is 1. The molecule has 0 radical (unpaired) electrons. The minimum Gasteiger partial charge on any atom is -0.496 e. The molecular formula is C23H31ClN4O5S. The Morgan fingerprint density at radius 1 is 1.26 bits per heavy atom. The Balaban J connectivity index is 0.00000408. The predicted octanol–water partition coefficient (Wildman–Crippen LogP) is 2.18. The average Bonchev–Trinajstić information content (AvgIpc) is 3.29. The Hall–Kier alpha value is -2.69. The highest BCUT2D eigenvalue weighted by atomic mass is 35.5. The number of carboxylic acids is 1. The molecule has 0 saturated carbocycles. The Bertz CT molecular complexity index is 1040. The summed E-state index contributed by atoms with van der Waals surface area (Å²) >= 11 is 1.34. The molecule has 1 fully saturated rings. The summed E-state index contributed by atoms with van der Waals surface area (Å²) in [6.45, 7) is 6.00. The van der Waals surface area contributed by atoms with Crippen LogP contribution >= 0.6 is 23.7 Å². The number of methoxy groups -OCH3 is 1. The lowest BCUT2D eigenvalue weighted by Gasteiger charge is -2.48. The lowest BCUT2D eigenvalue weighted by atomic mass is 9.85. The van der Waals surface area contributed by atoms with Crippen LogP contribution in [0.5, 0.6) is 5.75 Å². The molecule has 1 unspecified atom stereocenters. The first-order valence-corrected chi connectivity index (χ1v) is 11.6. The number of piperazine rings is 1. The van der Waals surface area contributed by atoms with Crippen LogP contribution in [0.1, 0.15) is 42.4 Å². The van der Waals surface area contributed by atoms with E-state index in [0.29, 0.717) is 17.0 Å². The van der Waals surface area contributed by atoms with Gasteiger partial charge in [-0.1, -0.05) is 26.8 Å². The molecule has 1 aliphatic rings. The number of amides is 2. The van der Waals surface area contributed by atoms with E-state index in [1.807, 2.05) is 26.8 Å². The van der Waals surface area contributed by atoms with Gasteiger partial charge in [0.05, 0.1) is 31.4 Å². The smallest absolute Gasteiger partial charge is 0.331 e. The standard InChI is InChI=1S/C23H30N4O5S.ClH/c1-22(2,3)17-6-5-15(9-18(17)32-4)20(29)27-8-7-26(19(28)11-24)13-23(27,21(30)31)10-16-12-33-14-25-16;/h5-6,9,12,14H,7-8,10-11,13,24H2,1-4H3,(H,30,31);1H. The van der Waals surface area contributed by atoms with Crippen molar-refractivity contribution >= 4 is 41.5 Å². The number of carboxylic acid groups (broad SMARTS) is 1. The molecule has 186 valence electrons. The van der Waals surface area contributed by atoms with Crippen LogP contribution in [-0.2, 0) is 21.4 Å². The highest BCUT2D eigenvalue weighted by Crippen LogP contribution is 2.34. The van der Waals surface area contributed by atoms with Crippen LogP contribution in [0.2, 0.25) is 0 Å². The van der Waals surface area contributed by atoms with Crippen molar-refractivity contribution in [1.82, 2.24) is 14.8 Å². The van der Waals surface area contributed by atoms with Crippen molar-refractivity contribution in [3.8, 4) is 5.75 Å². The number of carbonyl (C=O) groups excluding carboxylic acids is 2. The van der Waals surface area contributed by atoms with Gasteiger partial charge in [0.25, 0.3) is 5.91 Å². The average molecular weight is 511 g/mol. The molecule has 1 atom stereocenters. The first kappa shape index (κ1) is 27.6. The van der Waals surface area contributed by atoms with E-state index < -0.39 is 17.4 Å². The topological polar surface area (TPSA) is 126 Å². The van der Waals surface area contributed by atoms with Crippen LogP contribution in [0.3, 0.4) is 0 Å². The van der Waals surface area contributed by atoms with Gasteiger partial charge in [0.1, 0.15) is 5.75 Å². The van der Waals surface area contributed by atoms with E-state index in [9.17, 15) is 19.5 Å². The fourth-order valence-electron chi connectivity index (χ4n) is 4.19. The maximum absolute atomic E-state index is 13.7. The fourth-order valence-corrected chi connectivity index (χ4v) is 4.75. The molecule has 1 aromatic heterocycles. The second-order valence-electron chi connectivity index (χ2n) is 9.13. The van der Waals surface area contributed by atoms with Gasteiger partial charge in [0.2, 0.25) is 5.91 Å². The number of aliphatic carboxylic acids is 1. The van der Waals surface area contributed by atoms with Gasteiger partial charge in [-0.15, -0.1) is 23.7 Å². The van der Waals surface area contributed by atoms with Crippen LogP contribution in [0.15, 0.2) is 29.1 Å². The number of ether oxygens (including phenoxy) is 1. The monoisotopic (exact) mass is 510 g/mol. The largest absolute Gasteiger partial charge is 0.496 e. The van der Waals surface area contributed by atoms with E-state index in [1.54, 1.807) is 30.1 Å². The summed E-state index contributed by atoms with van der Waals surface area (Å²) in [5.41, 5.74) is 7.07. The fraction of sp³-hybridized carbons (Fsp3) is 0.478. The number of nitrogens with two attached hydrogens (primary N) is 1. The van der Waals surface area contributed by atoms with Crippen molar-refractivity contribution < 1.29 is 24.2 Å². The highest BCUT2D eigenvalue weighted by Gasteiger charge is 2.51. The van der Waals surface area contributed by atoms with Crippen LogP contribution in [0.4, 0.5) is 0 Å². The maximum Gasteiger partial charge on any atom is 0.331 e. The minimum atomic E-state index is -1.68. The first-order chi connectivity index (χ1) is 15.5. The number of nitrogens with zero attached hydrogens (tertiary/aromatic N) is 3. The molecule has 1 saturated heterocycles. The molecule has 0 aliphatic carbocycles. The molecule has 11 heteroatoms. The Kier molecular flexibility index (Phi) is 8.68. The number of aromatic nitrogens is 1. The molecule has 9 nitrogen and oxygen atoms in total. The van der Waals surface area contributed by atoms with Crippen LogP contribution in [-0.4, -0.2) is 76.5 Å². The molecule has 1 aromatic carbocycles. The third-order valence-electron chi connectivity index (χ3n) is 5.95. The van der Waals surface area contributed by atoms with Gasteiger partial charge >= 0.3 is 5.97 Å². The summed E-state index contributed by atoms with van der Waals surface area (Å²) in [6.07, 6.45) is -0.0247. The van der Waals surface area contributed by atoms with Crippen LogP contribution in [0.25, 0.3) is 0 Å². The Morgan fingerprint density at radius 2 is 1.97 bits per heavy atom. The van der Waals surface area contributed by atoms with Crippen LogP contribution in [0, 0.1) is 0 Å². The van der Waals surface area contributed by atoms with Gasteiger partial charge < -0.3 is 25.4 Å². The second-order valence-corrected chi connectivity index (χ2v) is 9.85. The summed E-state index contributed by atoms with van der Waals surface area (Å²) in [5.74, 6) is -1.43. The molecule has 3 rings (SSSR count). The molecule has 34 heavy (non-hydrogen) atoms. The van der Waals surface area contributed by atoms with Crippen molar-refractivity contribution in [1.29, 1.82) is 0 Å². The van der Waals surface area contributed by atoms with E-state index in [0.717, 1.165) is 5.56 Å². The summed E-state index contributed by atoms with van der Waals surface area (Å²) < 4.78 is 5.54. The van der Waals surface area contributed by atoms with E-state index in [2.05, 4.69) is 4.98 Å². The van der Waals surface area contributed by atoms with Gasteiger partial charge in [0.15, 0.2) is 5.54 Å². The zero-order chi connectivity index (χ0) is 24.4. The van der Waals surface area contributed by atoms with Crippen LogP contribution < -0.4 is 10.5 Å². The van der Waals surface area contributed by atoms with Gasteiger partial charge in [0, 0.05) is 30.5 Å². The van der Waals surface area contributed by atoms with E-state index in [-0.39, 0.29) is 56.3 Å². The first-order valence-electron chi connectivity index (χ1n) is 10.6. The van der Waals surface area contributed by atoms with Gasteiger partial charge in [-0.05, 0) is 23.1 Å². The summed E-state index contributed by atoms with van der Waals surface area (Å²) in [5, 5.41) is 12.1. The lowest BCUT2D eigenvalue weighted by Crippen LogP contribution is -2.69. The van der Waals surface area contributed by atoms with Gasteiger partial charge in [-0.2, -0.15) is 0 Å². The number of hydrogen-bond donors (Lipinski definition) is 2. The van der Waals surface area contributed by atoms with E-state index in [1.165, 1.54) is 21.1 Å². The van der Waals surface area contributed by atoms with Crippen molar-refractivity contribution in [2.45, 2.75) is 38.1 Å². The van der Waals surface area contributed by atoms with Crippen molar-refractivity contribution in [3.63, 3.8) is 0 Å². The van der Waals surface area contributed by atoms with Crippen molar-refractivity contribution in [3.05, 3.63) is 45.9 Å². The molecule has 3 N–H and O–H groups in total. The Labute approximate surface area is 209 Å². The zero-order valence-electron chi connectivity index (χ0n) is 19.7. The molecule has 2 amide bonds. The molecule has 2 aromatic rings. The number of hydrogen-bond acceptors (Lipinski definition) is 7. The molecule has 0 bridgehead atoms. The third-order valence-corrected chi connectivity index (χ3v) is 6.58. The maximum atomic E-state index is 13.7. The number of carbonyl (C=O) groups is 3. The van der Waals surface area contributed by atoms with Gasteiger partial charge in [-0.25, -0.2) is 9.78 Å². The van der Waals surface area contributed by atoms with Crippen molar-refractivity contribution in [2.24, 2.45) is 5.73 Å². The summed E-state index contributed by atoms with van der Waals surface area (Å²) in [4.78, 5) is 45.7. The van der Waals surface area contributed by atoms with E-state index in [4.69, 9.17) is 10.5 Å². The highest BCUT2D eigenvalue weighted by molar-refractivity contribution is 7.07. The lowest BCUT2D eigenvalue weighted by molar-refractivity contribution is -0.156. The zero-order valence-corrected chi connectivity index (χ0v) is 21.4. The molecule has 1 aliphatic heterocycles. The predicted molar refractivity (Wildman–Crippen MR) is 132 cm³/mol. The molecular weight excluding hydrogens is 480 g/mol. The summed E-state index contributed by atoms with van der Waals surface area (Å²) in [7, 11) is 1.54. The molecule has 0 spiro atoms. The number of benzene rings is 1. The third kappa shape index (κ3) is 5.34. The quantitative estimate of drug-likeness (QED) is 0.609.